The van der Waals surface area contributed by atoms with Crippen LogP contribution in [0.4, 0.5) is 19.0 Å². The SMILES string of the molecule is Cc1cc(C(F)(F)F)cc(N(C)N)n1. The van der Waals surface area contributed by atoms with Crippen LogP contribution in [0.5, 0.6) is 0 Å². The third-order valence-corrected chi connectivity index (χ3v) is 1.63. The van der Waals surface area contributed by atoms with Crippen molar-refractivity contribution in [3.05, 3.63) is 23.4 Å². The molecule has 0 atom stereocenters. The Kier molecular flexibility index (Phi) is 2.66. The molecule has 0 fully saturated rings. The van der Waals surface area contributed by atoms with Gasteiger partial charge in [0.2, 0.25) is 0 Å². The molecule has 0 bridgehead atoms. The molecule has 78 valence electrons. The summed E-state index contributed by atoms with van der Waals surface area (Å²) < 4.78 is 37.0. The average Bonchev–Trinajstić information content (AvgIpc) is 2.01. The lowest BCUT2D eigenvalue weighted by Crippen LogP contribution is -2.26. The van der Waals surface area contributed by atoms with Crippen LogP contribution in [0.3, 0.4) is 0 Å². The third-order valence-electron chi connectivity index (χ3n) is 1.63. The van der Waals surface area contributed by atoms with E-state index in [1.165, 1.54) is 14.0 Å². The first-order valence-electron chi connectivity index (χ1n) is 3.85. The van der Waals surface area contributed by atoms with E-state index >= 15 is 0 Å². The molecule has 0 unspecified atom stereocenters. The molecule has 0 aliphatic carbocycles. The van der Waals surface area contributed by atoms with Crippen molar-refractivity contribution in [3.8, 4) is 0 Å². The van der Waals surface area contributed by atoms with Crippen LogP contribution in [0, 0.1) is 6.92 Å². The molecule has 0 aromatic carbocycles. The second-order valence-corrected chi connectivity index (χ2v) is 2.96. The molecule has 0 aliphatic rings. The van der Waals surface area contributed by atoms with Crippen molar-refractivity contribution < 1.29 is 13.2 Å². The Hall–Kier alpha value is -1.30. The molecule has 0 saturated heterocycles. The molecule has 14 heavy (non-hydrogen) atoms. The maximum atomic E-state index is 12.3. The van der Waals surface area contributed by atoms with Gasteiger partial charge in [-0.05, 0) is 19.1 Å². The van der Waals surface area contributed by atoms with Gasteiger partial charge in [0.1, 0.15) is 5.82 Å². The van der Waals surface area contributed by atoms with E-state index in [1.807, 2.05) is 0 Å². The number of aryl methyl sites for hydroxylation is 1. The van der Waals surface area contributed by atoms with Crippen LogP contribution in [0.2, 0.25) is 0 Å². The number of nitrogens with two attached hydrogens (primary N) is 1. The molecule has 1 rings (SSSR count). The Labute approximate surface area is 79.3 Å². The van der Waals surface area contributed by atoms with Crippen LogP contribution in [-0.2, 0) is 6.18 Å². The number of rotatable bonds is 1. The molecular formula is C8H10F3N3. The highest BCUT2D eigenvalue weighted by Gasteiger charge is 2.31. The number of nitrogens with zero attached hydrogens (tertiary/aromatic N) is 2. The second-order valence-electron chi connectivity index (χ2n) is 2.96. The van der Waals surface area contributed by atoms with Crippen molar-refractivity contribution in [2.24, 2.45) is 5.84 Å². The molecule has 0 amide bonds. The Morgan fingerprint density at radius 3 is 2.36 bits per heavy atom. The van der Waals surface area contributed by atoms with Crippen molar-refractivity contribution in [2.45, 2.75) is 13.1 Å². The van der Waals surface area contributed by atoms with Gasteiger partial charge in [-0.3, -0.25) is 5.01 Å². The monoisotopic (exact) mass is 205 g/mol. The smallest absolute Gasteiger partial charge is 0.298 e. The maximum Gasteiger partial charge on any atom is 0.416 e. The first-order valence-corrected chi connectivity index (χ1v) is 3.85. The van der Waals surface area contributed by atoms with E-state index in [2.05, 4.69) is 4.98 Å². The van der Waals surface area contributed by atoms with Gasteiger partial charge in [-0.1, -0.05) is 0 Å². The van der Waals surface area contributed by atoms with E-state index in [1.54, 1.807) is 0 Å². The Bertz CT molecular complexity index is 333. The molecule has 2 N–H and O–H groups in total. The van der Waals surface area contributed by atoms with E-state index < -0.39 is 11.7 Å². The molecule has 0 spiro atoms. The molecule has 1 heterocycles. The highest BCUT2D eigenvalue weighted by molar-refractivity contribution is 5.41. The summed E-state index contributed by atoms with van der Waals surface area (Å²) in [6.07, 6.45) is -4.36. The van der Waals surface area contributed by atoms with Gasteiger partial charge in [-0.15, -0.1) is 0 Å². The van der Waals surface area contributed by atoms with Crippen LogP contribution in [0.15, 0.2) is 12.1 Å². The van der Waals surface area contributed by atoms with Gasteiger partial charge in [0, 0.05) is 12.7 Å². The van der Waals surface area contributed by atoms with Gasteiger partial charge >= 0.3 is 6.18 Å². The van der Waals surface area contributed by atoms with E-state index in [4.69, 9.17) is 5.84 Å². The fraction of sp³-hybridized carbons (Fsp3) is 0.375. The van der Waals surface area contributed by atoms with E-state index in [-0.39, 0.29) is 11.5 Å². The predicted octanol–water partition coefficient (Wildman–Crippen LogP) is 1.72. The minimum Gasteiger partial charge on any atom is -0.298 e. The summed E-state index contributed by atoms with van der Waals surface area (Å²) in [6, 6.07) is 1.89. The van der Waals surface area contributed by atoms with Crippen molar-refractivity contribution in [1.29, 1.82) is 0 Å². The fourth-order valence-corrected chi connectivity index (χ4v) is 0.995. The lowest BCUT2D eigenvalue weighted by molar-refractivity contribution is -0.137. The highest BCUT2D eigenvalue weighted by atomic mass is 19.4. The summed E-state index contributed by atoms with van der Waals surface area (Å²) in [6.45, 7) is 1.49. The largest absolute Gasteiger partial charge is 0.416 e. The zero-order valence-corrected chi connectivity index (χ0v) is 7.76. The number of aromatic nitrogens is 1. The topological polar surface area (TPSA) is 42.1 Å². The average molecular weight is 205 g/mol. The second kappa shape index (κ2) is 3.45. The van der Waals surface area contributed by atoms with E-state index in [0.29, 0.717) is 0 Å². The van der Waals surface area contributed by atoms with Gasteiger partial charge < -0.3 is 0 Å². The van der Waals surface area contributed by atoms with E-state index in [9.17, 15) is 13.2 Å². The number of halogens is 3. The van der Waals surface area contributed by atoms with Crippen molar-refractivity contribution in [1.82, 2.24) is 4.98 Å². The Morgan fingerprint density at radius 1 is 1.36 bits per heavy atom. The van der Waals surface area contributed by atoms with Crippen molar-refractivity contribution in [2.75, 3.05) is 12.1 Å². The van der Waals surface area contributed by atoms with Crippen LogP contribution in [-0.4, -0.2) is 12.0 Å². The lowest BCUT2D eigenvalue weighted by Gasteiger charge is -2.14. The number of hydrogen-bond donors (Lipinski definition) is 1. The Morgan fingerprint density at radius 2 is 1.93 bits per heavy atom. The van der Waals surface area contributed by atoms with Crippen molar-refractivity contribution in [3.63, 3.8) is 0 Å². The number of hydrogen-bond acceptors (Lipinski definition) is 3. The quantitative estimate of drug-likeness (QED) is 0.560. The number of pyridine rings is 1. The molecule has 0 radical (unpaired) electrons. The van der Waals surface area contributed by atoms with Crippen LogP contribution >= 0.6 is 0 Å². The van der Waals surface area contributed by atoms with Gasteiger partial charge in [-0.25, -0.2) is 10.8 Å². The summed E-state index contributed by atoms with van der Waals surface area (Å²) >= 11 is 0. The van der Waals surface area contributed by atoms with Crippen LogP contribution < -0.4 is 10.9 Å². The maximum absolute atomic E-state index is 12.3. The van der Waals surface area contributed by atoms with Gasteiger partial charge in [0.05, 0.1) is 5.56 Å². The normalized spacial score (nSPS) is 11.6. The molecule has 1 aromatic rings. The highest BCUT2D eigenvalue weighted by Crippen LogP contribution is 2.30. The fourth-order valence-electron chi connectivity index (χ4n) is 0.995. The first-order chi connectivity index (χ1) is 6.30. The summed E-state index contributed by atoms with van der Waals surface area (Å²) in [5.41, 5.74) is -0.454. The summed E-state index contributed by atoms with van der Waals surface area (Å²) in [5.74, 6) is 5.39. The Balaban J connectivity index is 3.21. The third kappa shape index (κ3) is 2.35. The minimum absolute atomic E-state index is 0.0947. The van der Waals surface area contributed by atoms with Gasteiger partial charge in [0.15, 0.2) is 0 Å². The number of alkyl halides is 3. The summed E-state index contributed by atoms with van der Waals surface area (Å²) in [5, 5.41) is 1.04. The van der Waals surface area contributed by atoms with E-state index in [0.717, 1.165) is 17.1 Å². The minimum atomic E-state index is -4.36. The molecule has 0 aliphatic heterocycles. The van der Waals surface area contributed by atoms with Crippen molar-refractivity contribution >= 4 is 5.82 Å². The molecule has 6 heteroatoms. The zero-order chi connectivity index (χ0) is 10.9. The van der Waals surface area contributed by atoms with Crippen LogP contribution in [0.25, 0.3) is 0 Å². The van der Waals surface area contributed by atoms with Crippen LogP contribution in [0.1, 0.15) is 11.3 Å². The standard InChI is InChI=1S/C8H10F3N3/c1-5-3-6(8(9,10)11)4-7(13-5)14(2)12/h3-4H,12H2,1-2H3. The summed E-state index contributed by atoms with van der Waals surface area (Å²) in [7, 11) is 1.43. The van der Waals surface area contributed by atoms with Gasteiger partial charge in [-0.2, -0.15) is 13.2 Å². The lowest BCUT2D eigenvalue weighted by atomic mass is 10.2. The molecule has 1 aromatic heterocycles. The predicted molar refractivity (Wildman–Crippen MR) is 46.6 cm³/mol. The number of hydrazine groups is 1. The molecular weight excluding hydrogens is 195 g/mol. The van der Waals surface area contributed by atoms with Gasteiger partial charge in [0.25, 0.3) is 0 Å². The molecule has 3 nitrogen and oxygen atoms in total. The molecule has 0 saturated carbocycles. The number of anilines is 1. The summed E-state index contributed by atoms with van der Waals surface area (Å²) in [4.78, 5) is 3.85. The zero-order valence-electron chi connectivity index (χ0n) is 7.76. The first kappa shape index (κ1) is 10.8.